The minimum Gasteiger partial charge on any atom is -0.344 e. The average Bonchev–Trinajstić information content (AvgIpc) is 2.47. The third-order valence-corrected chi connectivity index (χ3v) is 2.76. The van der Waals surface area contributed by atoms with Crippen molar-refractivity contribution in [2.75, 3.05) is 5.43 Å². The van der Waals surface area contributed by atoms with Gasteiger partial charge in [0.25, 0.3) is 5.91 Å². The fourth-order valence-electron chi connectivity index (χ4n) is 1.70. The van der Waals surface area contributed by atoms with Gasteiger partial charge in [0, 0.05) is 5.56 Å². The summed E-state index contributed by atoms with van der Waals surface area (Å²) >= 11 is 0. The van der Waals surface area contributed by atoms with Crippen LogP contribution in [0.3, 0.4) is 0 Å². The Bertz CT molecular complexity index is 602. The molecule has 0 aliphatic rings. The fourth-order valence-corrected chi connectivity index (χ4v) is 1.70. The van der Waals surface area contributed by atoms with Crippen molar-refractivity contribution in [2.45, 2.75) is 13.0 Å². The molecular weight excluding hydrogens is 261 g/mol. The van der Waals surface area contributed by atoms with Crippen LogP contribution in [0.1, 0.15) is 29.0 Å². The second-order valence-corrected chi connectivity index (χ2v) is 4.16. The van der Waals surface area contributed by atoms with Crippen molar-refractivity contribution in [3.8, 4) is 0 Å². The summed E-state index contributed by atoms with van der Waals surface area (Å²) in [6, 6.07) is 8.80. The van der Waals surface area contributed by atoms with Crippen molar-refractivity contribution < 1.29 is 9.18 Å². The van der Waals surface area contributed by atoms with Gasteiger partial charge >= 0.3 is 0 Å². The number of nitrogen functional groups attached to an aromatic ring is 1. The number of halogens is 1. The summed E-state index contributed by atoms with van der Waals surface area (Å²) in [5.41, 5.74) is 2.86. The summed E-state index contributed by atoms with van der Waals surface area (Å²) in [6.07, 6.45) is 0. The van der Waals surface area contributed by atoms with Gasteiger partial charge < -0.3 is 10.7 Å². The van der Waals surface area contributed by atoms with Crippen molar-refractivity contribution in [3.63, 3.8) is 0 Å². The van der Waals surface area contributed by atoms with E-state index in [9.17, 15) is 9.18 Å². The zero-order chi connectivity index (χ0) is 14.5. The van der Waals surface area contributed by atoms with Gasteiger partial charge in [0.15, 0.2) is 11.5 Å². The van der Waals surface area contributed by atoms with Crippen molar-refractivity contribution in [1.82, 2.24) is 15.5 Å². The maximum Gasteiger partial charge on any atom is 0.272 e. The van der Waals surface area contributed by atoms with Gasteiger partial charge in [-0.1, -0.05) is 18.2 Å². The Morgan fingerprint density at radius 2 is 2.00 bits per heavy atom. The number of benzene rings is 1. The number of hydrogen-bond donors (Lipinski definition) is 3. The molecule has 1 atom stereocenters. The molecule has 104 valence electrons. The topological polar surface area (TPSA) is 92.9 Å². The summed E-state index contributed by atoms with van der Waals surface area (Å²) in [6.45, 7) is 1.69. The van der Waals surface area contributed by atoms with Crippen LogP contribution in [0, 0.1) is 5.82 Å². The largest absolute Gasteiger partial charge is 0.344 e. The highest BCUT2D eigenvalue weighted by Gasteiger charge is 2.15. The summed E-state index contributed by atoms with van der Waals surface area (Å²) in [5, 5.41) is 10.1. The molecule has 0 aliphatic carbocycles. The van der Waals surface area contributed by atoms with E-state index >= 15 is 0 Å². The lowest BCUT2D eigenvalue weighted by atomic mass is 10.1. The SMILES string of the molecule is CC(NC(=O)c1ccc(NN)nn1)c1ccccc1F. The van der Waals surface area contributed by atoms with Gasteiger partial charge in [-0.25, -0.2) is 10.2 Å². The van der Waals surface area contributed by atoms with Crippen LogP contribution in [0.4, 0.5) is 10.2 Å². The molecule has 6 nitrogen and oxygen atoms in total. The second-order valence-electron chi connectivity index (χ2n) is 4.16. The summed E-state index contributed by atoms with van der Waals surface area (Å²) in [4.78, 5) is 12.0. The minimum atomic E-state index is -0.474. The van der Waals surface area contributed by atoms with Gasteiger partial charge in [-0.05, 0) is 25.1 Å². The van der Waals surface area contributed by atoms with Crippen LogP contribution < -0.4 is 16.6 Å². The molecule has 0 bridgehead atoms. The highest BCUT2D eigenvalue weighted by atomic mass is 19.1. The fraction of sp³-hybridized carbons (Fsp3) is 0.154. The first-order chi connectivity index (χ1) is 9.61. The number of aromatic nitrogens is 2. The summed E-state index contributed by atoms with van der Waals surface area (Å²) in [5.74, 6) is 4.71. The maximum absolute atomic E-state index is 13.6. The normalized spacial score (nSPS) is 11.8. The molecule has 7 heteroatoms. The van der Waals surface area contributed by atoms with Crippen molar-refractivity contribution >= 4 is 11.7 Å². The standard InChI is InChI=1S/C13H14FN5O/c1-8(9-4-2-3-5-10(9)14)16-13(20)11-6-7-12(17-15)19-18-11/h2-8H,15H2,1H3,(H,16,20)(H,17,19). The lowest BCUT2D eigenvalue weighted by molar-refractivity contribution is 0.0933. The van der Waals surface area contributed by atoms with Gasteiger partial charge in [-0.2, -0.15) is 0 Å². The van der Waals surface area contributed by atoms with Crippen LogP contribution in [0.25, 0.3) is 0 Å². The molecule has 0 fully saturated rings. The number of nitrogens with two attached hydrogens (primary N) is 1. The molecule has 0 aliphatic heterocycles. The van der Waals surface area contributed by atoms with E-state index in [-0.39, 0.29) is 11.5 Å². The molecule has 1 aromatic heterocycles. The van der Waals surface area contributed by atoms with Crippen LogP contribution >= 0.6 is 0 Å². The predicted molar refractivity (Wildman–Crippen MR) is 72.1 cm³/mol. The molecule has 0 saturated carbocycles. The van der Waals surface area contributed by atoms with E-state index in [1.165, 1.54) is 18.2 Å². The van der Waals surface area contributed by atoms with Gasteiger partial charge in [0.1, 0.15) is 5.82 Å². The van der Waals surface area contributed by atoms with Crippen molar-refractivity contribution in [3.05, 3.63) is 53.5 Å². The Morgan fingerprint density at radius 1 is 1.25 bits per heavy atom. The molecular formula is C13H14FN5O. The third kappa shape index (κ3) is 3.07. The predicted octanol–water partition coefficient (Wildman–Crippen LogP) is 1.39. The van der Waals surface area contributed by atoms with Crippen LogP contribution in [-0.4, -0.2) is 16.1 Å². The number of amides is 1. The van der Waals surface area contributed by atoms with E-state index in [0.29, 0.717) is 11.4 Å². The number of nitrogens with one attached hydrogen (secondary N) is 2. The van der Waals surface area contributed by atoms with E-state index in [1.54, 1.807) is 25.1 Å². The molecule has 1 heterocycles. The van der Waals surface area contributed by atoms with Gasteiger partial charge in [0.05, 0.1) is 6.04 Å². The molecule has 4 N–H and O–H groups in total. The molecule has 2 aromatic rings. The van der Waals surface area contributed by atoms with Crippen LogP contribution in [0.2, 0.25) is 0 Å². The van der Waals surface area contributed by atoms with E-state index < -0.39 is 11.9 Å². The van der Waals surface area contributed by atoms with E-state index in [1.807, 2.05) is 0 Å². The summed E-state index contributed by atoms with van der Waals surface area (Å²) < 4.78 is 13.6. The van der Waals surface area contributed by atoms with E-state index in [4.69, 9.17) is 5.84 Å². The lowest BCUT2D eigenvalue weighted by Crippen LogP contribution is -2.28. The molecule has 20 heavy (non-hydrogen) atoms. The lowest BCUT2D eigenvalue weighted by Gasteiger charge is -2.14. The van der Waals surface area contributed by atoms with Gasteiger partial charge in [-0.15, -0.1) is 10.2 Å². The number of anilines is 1. The Hall–Kier alpha value is -2.54. The number of carbonyl (C=O) groups excluding carboxylic acids is 1. The quantitative estimate of drug-likeness (QED) is 0.579. The zero-order valence-electron chi connectivity index (χ0n) is 10.8. The molecule has 0 radical (unpaired) electrons. The first-order valence-electron chi connectivity index (χ1n) is 5.97. The molecule has 0 saturated heterocycles. The smallest absolute Gasteiger partial charge is 0.272 e. The second kappa shape index (κ2) is 6.07. The number of rotatable bonds is 4. The molecule has 0 spiro atoms. The monoisotopic (exact) mass is 275 g/mol. The number of carbonyl (C=O) groups is 1. The highest BCUT2D eigenvalue weighted by Crippen LogP contribution is 2.16. The average molecular weight is 275 g/mol. The Kier molecular flexibility index (Phi) is 4.21. The molecule has 1 amide bonds. The Labute approximate surface area is 115 Å². The first-order valence-corrected chi connectivity index (χ1v) is 5.97. The van der Waals surface area contributed by atoms with Gasteiger partial charge in [0.2, 0.25) is 0 Å². The number of hydrazine groups is 1. The van der Waals surface area contributed by atoms with Crippen LogP contribution in [-0.2, 0) is 0 Å². The van der Waals surface area contributed by atoms with Gasteiger partial charge in [-0.3, -0.25) is 4.79 Å². The first kappa shape index (κ1) is 13.9. The maximum atomic E-state index is 13.6. The molecule has 2 rings (SSSR count). The zero-order valence-corrected chi connectivity index (χ0v) is 10.8. The Morgan fingerprint density at radius 3 is 2.60 bits per heavy atom. The van der Waals surface area contributed by atoms with Crippen LogP contribution in [0.5, 0.6) is 0 Å². The number of nitrogens with zero attached hydrogens (tertiary/aromatic N) is 2. The van der Waals surface area contributed by atoms with E-state index in [0.717, 1.165) is 0 Å². The Balaban J connectivity index is 2.09. The third-order valence-electron chi connectivity index (χ3n) is 2.76. The van der Waals surface area contributed by atoms with E-state index in [2.05, 4.69) is 20.9 Å². The highest BCUT2D eigenvalue weighted by molar-refractivity contribution is 5.92. The summed E-state index contributed by atoms with van der Waals surface area (Å²) in [7, 11) is 0. The van der Waals surface area contributed by atoms with Crippen LogP contribution in [0.15, 0.2) is 36.4 Å². The van der Waals surface area contributed by atoms with Crippen molar-refractivity contribution in [2.24, 2.45) is 5.84 Å². The van der Waals surface area contributed by atoms with Crippen molar-refractivity contribution in [1.29, 1.82) is 0 Å². The number of hydrogen-bond acceptors (Lipinski definition) is 5. The molecule has 1 aromatic carbocycles. The molecule has 1 unspecified atom stereocenters. The minimum absolute atomic E-state index is 0.132.